The van der Waals surface area contributed by atoms with Gasteiger partial charge in [0.1, 0.15) is 17.4 Å². The van der Waals surface area contributed by atoms with Gasteiger partial charge in [-0.3, -0.25) is 4.79 Å². The van der Waals surface area contributed by atoms with Crippen molar-refractivity contribution in [2.24, 2.45) is 0 Å². The van der Waals surface area contributed by atoms with Gasteiger partial charge >= 0.3 is 11.6 Å². The average molecular weight is 365 g/mol. The van der Waals surface area contributed by atoms with E-state index in [9.17, 15) is 19.5 Å². The molecular weight excluding hydrogens is 346 g/mol. The van der Waals surface area contributed by atoms with Crippen LogP contribution >= 0.6 is 11.8 Å². The van der Waals surface area contributed by atoms with E-state index < -0.39 is 23.5 Å². The van der Waals surface area contributed by atoms with Crippen LogP contribution in [0.15, 0.2) is 21.3 Å². The molecule has 0 aliphatic heterocycles. The van der Waals surface area contributed by atoms with Gasteiger partial charge in [-0.05, 0) is 43.4 Å². The van der Waals surface area contributed by atoms with Crippen molar-refractivity contribution in [1.29, 1.82) is 0 Å². The van der Waals surface area contributed by atoms with E-state index >= 15 is 0 Å². The number of phenolic OH excluding ortho intramolecular Hbond substituents is 1. The number of carboxylic acids is 1. The maximum Gasteiger partial charge on any atom is 0.340 e. The number of aromatic hydroxyl groups is 1. The second-order valence-electron chi connectivity index (χ2n) is 5.74. The van der Waals surface area contributed by atoms with Gasteiger partial charge in [0, 0.05) is 5.75 Å². The molecule has 2 aromatic rings. The predicted octanol–water partition coefficient (Wildman–Crippen LogP) is 1.59. The summed E-state index contributed by atoms with van der Waals surface area (Å²) in [7, 11) is 0. The van der Waals surface area contributed by atoms with Crippen molar-refractivity contribution < 1.29 is 24.2 Å². The summed E-state index contributed by atoms with van der Waals surface area (Å²) in [6, 6.07) is 2.14. The monoisotopic (exact) mass is 365 g/mol. The van der Waals surface area contributed by atoms with Gasteiger partial charge in [0.2, 0.25) is 5.91 Å². The van der Waals surface area contributed by atoms with E-state index in [1.165, 1.54) is 17.8 Å². The number of aryl methyl sites for hydroxylation is 2. The van der Waals surface area contributed by atoms with Crippen LogP contribution in [0.3, 0.4) is 0 Å². The Hall–Kier alpha value is -2.48. The number of hydrogen-bond acceptors (Lipinski definition) is 6. The van der Waals surface area contributed by atoms with Gasteiger partial charge in [0.25, 0.3) is 0 Å². The number of hydrogen-bond donors (Lipinski definition) is 3. The molecule has 8 heteroatoms. The normalized spacial score (nSPS) is 12.1. The summed E-state index contributed by atoms with van der Waals surface area (Å²) >= 11 is 1.29. The van der Waals surface area contributed by atoms with Crippen LogP contribution in [0.4, 0.5) is 0 Å². The van der Waals surface area contributed by atoms with Crippen LogP contribution in [0.5, 0.6) is 5.75 Å². The number of phenols is 1. The number of aliphatic carboxylic acids is 1. The fraction of sp³-hybridized carbons (Fsp3) is 0.353. The van der Waals surface area contributed by atoms with Crippen LogP contribution in [0.2, 0.25) is 0 Å². The molecule has 0 saturated carbocycles. The molecular formula is C17H19NO6S. The molecule has 134 valence electrons. The second kappa shape index (κ2) is 7.60. The van der Waals surface area contributed by atoms with E-state index in [4.69, 9.17) is 9.52 Å². The lowest BCUT2D eigenvalue weighted by atomic mass is 10.0. The number of carbonyl (C=O) groups is 2. The first-order chi connectivity index (χ1) is 11.7. The van der Waals surface area contributed by atoms with Crippen LogP contribution in [-0.2, 0) is 16.0 Å². The summed E-state index contributed by atoms with van der Waals surface area (Å²) in [5.41, 5.74) is 0.837. The SMILES string of the molecule is CSC[C@H](NC(=O)Cc1c(C)c2c(O)cc(C)cc2oc1=O)C(=O)O. The van der Waals surface area contributed by atoms with Crippen LogP contribution in [0.1, 0.15) is 16.7 Å². The van der Waals surface area contributed by atoms with Gasteiger partial charge < -0.3 is 19.9 Å². The highest BCUT2D eigenvalue weighted by Crippen LogP contribution is 2.29. The number of carboxylic acid groups (broad SMARTS) is 1. The molecule has 0 radical (unpaired) electrons. The van der Waals surface area contributed by atoms with Gasteiger partial charge in [0.05, 0.1) is 17.4 Å². The molecule has 1 atom stereocenters. The van der Waals surface area contributed by atoms with Crippen LogP contribution in [0, 0.1) is 13.8 Å². The third-order valence-electron chi connectivity index (χ3n) is 3.81. The van der Waals surface area contributed by atoms with Crippen molar-refractivity contribution in [3.05, 3.63) is 39.2 Å². The summed E-state index contributed by atoms with van der Waals surface area (Å²) in [6.07, 6.45) is 1.41. The van der Waals surface area contributed by atoms with Gasteiger partial charge in [-0.15, -0.1) is 0 Å². The lowest BCUT2D eigenvalue weighted by molar-refractivity contribution is -0.141. The maximum atomic E-state index is 12.2. The average Bonchev–Trinajstić information content (AvgIpc) is 2.49. The van der Waals surface area contributed by atoms with E-state index in [0.717, 1.165) is 5.56 Å². The molecule has 0 fully saturated rings. The minimum Gasteiger partial charge on any atom is -0.507 e. The highest BCUT2D eigenvalue weighted by molar-refractivity contribution is 7.98. The Morgan fingerprint density at radius 3 is 2.60 bits per heavy atom. The first-order valence-electron chi connectivity index (χ1n) is 7.51. The highest BCUT2D eigenvalue weighted by Gasteiger charge is 2.22. The number of rotatable bonds is 6. The summed E-state index contributed by atoms with van der Waals surface area (Å²) in [5, 5.41) is 22.0. The number of benzene rings is 1. The molecule has 1 aromatic carbocycles. The number of thioether (sulfide) groups is 1. The minimum absolute atomic E-state index is 0.0382. The Labute approximate surface area is 148 Å². The molecule has 0 saturated heterocycles. The molecule has 1 amide bonds. The molecule has 1 aromatic heterocycles. The van der Waals surface area contributed by atoms with Crippen molar-refractivity contribution in [2.45, 2.75) is 26.3 Å². The van der Waals surface area contributed by atoms with Crippen LogP contribution in [0.25, 0.3) is 11.0 Å². The van der Waals surface area contributed by atoms with E-state index in [2.05, 4.69) is 5.32 Å². The van der Waals surface area contributed by atoms with Crippen molar-refractivity contribution in [3.8, 4) is 5.75 Å². The van der Waals surface area contributed by atoms with Crippen LogP contribution in [-0.4, -0.2) is 40.1 Å². The van der Waals surface area contributed by atoms with E-state index in [-0.39, 0.29) is 29.1 Å². The van der Waals surface area contributed by atoms with Gasteiger partial charge in [-0.1, -0.05) is 0 Å². The molecule has 0 bridgehead atoms. The second-order valence-corrected chi connectivity index (χ2v) is 6.65. The van der Waals surface area contributed by atoms with E-state index in [1.807, 2.05) is 0 Å². The minimum atomic E-state index is -1.14. The van der Waals surface area contributed by atoms with Gasteiger partial charge in [0.15, 0.2) is 0 Å². The summed E-state index contributed by atoms with van der Waals surface area (Å²) in [5.74, 6) is -1.56. The predicted molar refractivity (Wildman–Crippen MR) is 95.3 cm³/mol. The Kier molecular flexibility index (Phi) is 5.73. The zero-order valence-corrected chi connectivity index (χ0v) is 14.9. The molecule has 2 rings (SSSR count). The lowest BCUT2D eigenvalue weighted by Gasteiger charge is -2.14. The standard InChI is InChI=1S/C17H19NO6S/c1-8-4-12(19)15-9(2)10(17(23)24-13(15)5-8)6-14(20)18-11(7-25-3)16(21)22/h4-5,11,19H,6-7H2,1-3H3,(H,18,20)(H,21,22)/t11-/m0/s1. The van der Waals surface area contributed by atoms with Crippen molar-refractivity contribution >= 4 is 34.6 Å². The highest BCUT2D eigenvalue weighted by atomic mass is 32.2. The van der Waals surface area contributed by atoms with E-state index in [0.29, 0.717) is 10.9 Å². The van der Waals surface area contributed by atoms with E-state index in [1.54, 1.807) is 26.2 Å². The molecule has 7 nitrogen and oxygen atoms in total. The Bertz CT molecular complexity index is 889. The van der Waals surface area contributed by atoms with Crippen molar-refractivity contribution in [1.82, 2.24) is 5.32 Å². The molecule has 0 unspecified atom stereocenters. The zero-order valence-electron chi connectivity index (χ0n) is 14.1. The first kappa shape index (κ1) is 18.9. The lowest BCUT2D eigenvalue weighted by Crippen LogP contribution is -2.43. The molecule has 0 aliphatic carbocycles. The van der Waals surface area contributed by atoms with Gasteiger partial charge in [-0.25, -0.2) is 9.59 Å². The number of nitrogens with one attached hydrogen (secondary N) is 1. The maximum absolute atomic E-state index is 12.2. The van der Waals surface area contributed by atoms with Gasteiger partial charge in [-0.2, -0.15) is 11.8 Å². The number of carbonyl (C=O) groups excluding carboxylic acids is 1. The topological polar surface area (TPSA) is 117 Å². The summed E-state index contributed by atoms with van der Waals surface area (Å²) in [6.45, 7) is 3.38. The molecule has 1 heterocycles. The molecule has 25 heavy (non-hydrogen) atoms. The van der Waals surface area contributed by atoms with Crippen molar-refractivity contribution in [2.75, 3.05) is 12.0 Å². The quantitative estimate of drug-likeness (QED) is 0.666. The van der Waals surface area contributed by atoms with Crippen LogP contribution < -0.4 is 10.9 Å². The fourth-order valence-corrected chi connectivity index (χ4v) is 3.17. The Morgan fingerprint density at radius 1 is 1.32 bits per heavy atom. The fourth-order valence-electron chi connectivity index (χ4n) is 2.61. The third kappa shape index (κ3) is 4.14. The summed E-state index contributed by atoms with van der Waals surface area (Å²) < 4.78 is 5.22. The first-order valence-corrected chi connectivity index (χ1v) is 8.91. The smallest absolute Gasteiger partial charge is 0.340 e. The molecule has 3 N–H and O–H groups in total. The molecule has 0 aliphatic rings. The number of amides is 1. The Balaban J connectivity index is 2.37. The largest absolute Gasteiger partial charge is 0.507 e. The van der Waals surface area contributed by atoms with Crippen molar-refractivity contribution in [3.63, 3.8) is 0 Å². The summed E-state index contributed by atoms with van der Waals surface area (Å²) in [4.78, 5) is 35.5. The third-order valence-corrected chi connectivity index (χ3v) is 4.47. The zero-order chi connectivity index (χ0) is 18.7. The Morgan fingerprint density at radius 2 is 2.00 bits per heavy atom. The molecule has 0 spiro atoms. The number of fused-ring (bicyclic) bond motifs is 1.